The minimum atomic E-state index is -0.147. The number of hydrogen-bond donors (Lipinski definition) is 1. The molecule has 8 aromatic rings. The van der Waals surface area contributed by atoms with Crippen LogP contribution < -0.4 is 0 Å². The van der Waals surface area contributed by atoms with Crippen LogP contribution in [0.15, 0.2) is 109 Å². The number of fused-ring (bicyclic) bond motifs is 6. The van der Waals surface area contributed by atoms with Crippen LogP contribution in [0.2, 0.25) is 0 Å². The molecule has 4 aromatic heterocycles. The second kappa shape index (κ2) is 11.5. The predicted octanol–water partition coefficient (Wildman–Crippen LogP) is 10.4. The first-order chi connectivity index (χ1) is 22.5. The maximum atomic E-state index is 11.0. The predicted molar refractivity (Wildman–Crippen MR) is 194 cm³/mol. The second-order valence-corrected chi connectivity index (χ2v) is 14.5. The smallest absolute Gasteiger partial charge is 0.147 e. The molecular formula is C42H37N4OPt-. The number of phenols is 1. The van der Waals surface area contributed by atoms with E-state index in [4.69, 9.17) is 9.97 Å². The van der Waals surface area contributed by atoms with E-state index in [-0.39, 0.29) is 37.6 Å². The van der Waals surface area contributed by atoms with E-state index < -0.39 is 0 Å². The number of benzene rings is 4. The van der Waals surface area contributed by atoms with Crippen LogP contribution in [0, 0.1) is 6.07 Å². The molecule has 0 aliphatic carbocycles. The van der Waals surface area contributed by atoms with Crippen molar-refractivity contribution in [1.29, 1.82) is 0 Å². The van der Waals surface area contributed by atoms with Crippen LogP contribution in [-0.4, -0.2) is 24.2 Å². The summed E-state index contributed by atoms with van der Waals surface area (Å²) in [6.45, 7) is 13.2. The zero-order valence-electron chi connectivity index (χ0n) is 27.9. The molecule has 0 unspecified atom stereocenters. The Morgan fingerprint density at radius 3 is 1.88 bits per heavy atom. The van der Waals surface area contributed by atoms with Gasteiger partial charge in [-0.05, 0) is 75.9 Å². The summed E-state index contributed by atoms with van der Waals surface area (Å²) in [5.41, 5.74) is 7.42. The number of phenolic OH excluding ortho intramolecular Hbond substituents is 1. The van der Waals surface area contributed by atoms with Crippen molar-refractivity contribution in [3.05, 3.63) is 126 Å². The fourth-order valence-electron chi connectivity index (χ4n) is 6.68. The van der Waals surface area contributed by atoms with Crippen LogP contribution in [-0.2, 0) is 31.9 Å². The van der Waals surface area contributed by atoms with Crippen molar-refractivity contribution in [3.63, 3.8) is 0 Å². The molecule has 0 bridgehead atoms. The van der Waals surface area contributed by atoms with Crippen LogP contribution in [0.3, 0.4) is 0 Å². The molecule has 0 atom stereocenters. The quantitative estimate of drug-likeness (QED) is 0.181. The van der Waals surface area contributed by atoms with Gasteiger partial charge in [-0.3, -0.25) is 4.57 Å². The number of nitrogens with zero attached hydrogens (tertiary/aromatic N) is 4. The van der Waals surface area contributed by atoms with Crippen molar-refractivity contribution >= 4 is 43.7 Å². The van der Waals surface area contributed by atoms with Gasteiger partial charge in [-0.1, -0.05) is 89.5 Å². The number of aromatic hydroxyl groups is 1. The summed E-state index contributed by atoms with van der Waals surface area (Å²) in [7, 11) is 0. The molecule has 0 aliphatic heterocycles. The van der Waals surface area contributed by atoms with E-state index in [2.05, 4.69) is 136 Å². The minimum Gasteiger partial charge on any atom is -0.507 e. The Bertz CT molecular complexity index is 2460. The first-order valence-corrected chi connectivity index (χ1v) is 16.2. The van der Waals surface area contributed by atoms with Gasteiger partial charge in [0, 0.05) is 42.9 Å². The number of pyridine rings is 2. The van der Waals surface area contributed by atoms with E-state index in [9.17, 15) is 5.11 Å². The van der Waals surface area contributed by atoms with E-state index in [1.165, 1.54) is 5.39 Å². The van der Waals surface area contributed by atoms with Gasteiger partial charge in [0.25, 0.3) is 0 Å². The first kappa shape index (κ1) is 31.8. The van der Waals surface area contributed by atoms with E-state index in [0.29, 0.717) is 11.3 Å². The standard InChI is InChI=1S/C42H37N4O.Pt/c1-41(2,3)26-19-22-37(47)32(23-26)33-21-20-31-30-15-9-12-18-36(30)46(40(31)43-33)39-25-27(42(4,5)6)24-38(44-39)45-34-16-10-7-13-28(34)29-14-8-11-17-35(29)45;/h7-16,18-25,47H,1-6H3;/q-1;. The fraction of sp³-hybridized carbons (Fsp3) is 0.190. The van der Waals surface area contributed by atoms with Gasteiger partial charge in [-0.2, -0.15) is 24.3 Å². The number of rotatable bonds is 3. The molecule has 4 heterocycles. The maximum Gasteiger partial charge on any atom is 0.147 e. The van der Waals surface area contributed by atoms with Gasteiger partial charge in [0.05, 0.1) is 11.2 Å². The van der Waals surface area contributed by atoms with Crippen LogP contribution in [0.25, 0.3) is 66.6 Å². The van der Waals surface area contributed by atoms with Crippen molar-refractivity contribution in [2.24, 2.45) is 0 Å². The molecule has 0 radical (unpaired) electrons. The van der Waals surface area contributed by atoms with Crippen molar-refractivity contribution in [2.45, 2.75) is 52.4 Å². The largest absolute Gasteiger partial charge is 0.507 e. The second-order valence-electron chi connectivity index (χ2n) is 14.5. The van der Waals surface area contributed by atoms with E-state index in [0.717, 1.165) is 61.1 Å². The van der Waals surface area contributed by atoms with Gasteiger partial charge >= 0.3 is 0 Å². The van der Waals surface area contributed by atoms with E-state index >= 15 is 0 Å². The molecule has 0 saturated carbocycles. The summed E-state index contributed by atoms with van der Waals surface area (Å²) in [5, 5.41) is 15.5. The Labute approximate surface area is 295 Å². The monoisotopic (exact) mass is 808 g/mol. The Morgan fingerprint density at radius 2 is 1.19 bits per heavy atom. The van der Waals surface area contributed by atoms with Gasteiger partial charge < -0.3 is 9.67 Å². The molecule has 1 N–H and O–H groups in total. The molecular weight excluding hydrogens is 772 g/mol. The van der Waals surface area contributed by atoms with Gasteiger partial charge in [-0.25, -0.2) is 9.97 Å². The molecule has 0 amide bonds. The van der Waals surface area contributed by atoms with Gasteiger partial charge in [-0.15, -0.1) is 5.39 Å². The summed E-state index contributed by atoms with van der Waals surface area (Å²) >= 11 is 0. The van der Waals surface area contributed by atoms with E-state index in [1.54, 1.807) is 6.07 Å². The Morgan fingerprint density at radius 1 is 0.583 bits per heavy atom. The first-order valence-electron chi connectivity index (χ1n) is 16.2. The van der Waals surface area contributed by atoms with Gasteiger partial charge in [0.15, 0.2) is 0 Å². The summed E-state index contributed by atoms with van der Waals surface area (Å²) in [6, 6.07) is 40.9. The van der Waals surface area contributed by atoms with Crippen molar-refractivity contribution in [3.8, 4) is 28.6 Å². The van der Waals surface area contributed by atoms with Crippen LogP contribution in [0.4, 0.5) is 0 Å². The SMILES string of the molecule is CC(C)(C)c1cc(-n2c3[c-]cccc3c3ccccc32)nc(-n2c3ccccc3c3ccc(-c4cc(C(C)(C)C)ccc4O)nc32)c1.[Pt]. The molecule has 0 fully saturated rings. The molecule has 6 heteroatoms. The normalized spacial score (nSPS) is 12.3. The summed E-state index contributed by atoms with van der Waals surface area (Å²) in [5.74, 6) is 1.83. The molecule has 5 nitrogen and oxygen atoms in total. The molecule has 0 saturated heterocycles. The zero-order chi connectivity index (χ0) is 32.7. The summed E-state index contributed by atoms with van der Waals surface area (Å²) in [6.07, 6.45) is 0. The summed E-state index contributed by atoms with van der Waals surface area (Å²) < 4.78 is 4.40. The topological polar surface area (TPSA) is 55.9 Å². The molecule has 0 aliphatic rings. The molecule has 48 heavy (non-hydrogen) atoms. The van der Waals surface area contributed by atoms with Crippen molar-refractivity contribution in [2.75, 3.05) is 0 Å². The zero-order valence-corrected chi connectivity index (χ0v) is 30.2. The van der Waals surface area contributed by atoms with Crippen molar-refractivity contribution < 1.29 is 26.2 Å². The van der Waals surface area contributed by atoms with Crippen LogP contribution in [0.5, 0.6) is 5.75 Å². The number of hydrogen-bond acceptors (Lipinski definition) is 3. The maximum absolute atomic E-state index is 11.0. The van der Waals surface area contributed by atoms with Gasteiger partial charge in [0.1, 0.15) is 23.0 Å². The third-order valence-electron chi connectivity index (χ3n) is 9.28. The van der Waals surface area contributed by atoms with Gasteiger partial charge in [0.2, 0.25) is 0 Å². The Kier molecular flexibility index (Phi) is 7.60. The molecule has 4 aromatic carbocycles. The Balaban J connectivity index is 0.00000364. The van der Waals surface area contributed by atoms with Crippen molar-refractivity contribution in [1.82, 2.24) is 19.1 Å². The average Bonchev–Trinajstić information content (AvgIpc) is 3.56. The molecule has 8 rings (SSSR count). The minimum absolute atomic E-state index is 0. The van der Waals surface area contributed by atoms with Crippen LogP contribution in [0.1, 0.15) is 52.7 Å². The number of para-hydroxylation sites is 3. The molecule has 242 valence electrons. The third-order valence-corrected chi connectivity index (χ3v) is 9.28. The number of aromatic nitrogens is 4. The van der Waals surface area contributed by atoms with E-state index in [1.807, 2.05) is 24.3 Å². The Hall–Kier alpha value is -4.73. The van der Waals surface area contributed by atoms with Crippen LogP contribution >= 0.6 is 0 Å². The fourth-order valence-corrected chi connectivity index (χ4v) is 6.68. The third kappa shape index (κ3) is 5.12. The summed E-state index contributed by atoms with van der Waals surface area (Å²) in [4.78, 5) is 10.7. The average molecular weight is 809 g/mol. The molecule has 0 spiro atoms.